The number of carbonyl (C=O) groups excluding carboxylic acids is 1. The Morgan fingerprint density at radius 1 is 1.12 bits per heavy atom. The Kier molecular flexibility index (Phi) is 5.94. The highest BCUT2D eigenvalue weighted by atomic mass is 19.4. The molecule has 9 heteroatoms. The Morgan fingerprint density at radius 2 is 1.78 bits per heavy atom. The first kappa shape index (κ1) is 22.3. The number of anilines is 1. The Balaban J connectivity index is 1.41. The molecule has 0 aliphatic carbocycles. The van der Waals surface area contributed by atoms with Crippen molar-refractivity contribution in [1.29, 1.82) is 0 Å². The number of benzene rings is 2. The smallest absolute Gasteiger partial charge is 0.324 e. The number of rotatable bonds is 4. The number of halogens is 3. The Morgan fingerprint density at radius 3 is 2.41 bits per heavy atom. The number of carbonyl (C=O) groups is 1. The van der Waals surface area contributed by atoms with Crippen LogP contribution in [0.4, 0.5) is 18.9 Å². The van der Waals surface area contributed by atoms with Crippen LogP contribution in [0.15, 0.2) is 36.4 Å². The van der Waals surface area contributed by atoms with Crippen molar-refractivity contribution >= 4 is 22.6 Å². The van der Waals surface area contributed by atoms with E-state index in [4.69, 9.17) is 0 Å². The van der Waals surface area contributed by atoms with Crippen LogP contribution in [0, 0.1) is 13.8 Å². The first-order chi connectivity index (χ1) is 15.1. The Bertz CT molecular complexity index is 1110. The molecule has 0 saturated carbocycles. The lowest BCUT2D eigenvalue weighted by molar-refractivity contribution is -0.137. The van der Waals surface area contributed by atoms with Gasteiger partial charge in [0.2, 0.25) is 5.91 Å². The molecule has 1 atom stereocenters. The summed E-state index contributed by atoms with van der Waals surface area (Å²) in [6.07, 6.45) is -2.93. The van der Waals surface area contributed by atoms with E-state index < -0.39 is 11.7 Å². The monoisotopic (exact) mass is 445 g/mol. The van der Waals surface area contributed by atoms with E-state index in [1.54, 1.807) is 4.68 Å². The third-order valence-corrected chi connectivity index (χ3v) is 6.30. The lowest BCUT2D eigenvalue weighted by Gasteiger charge is -2.35. The van der Waals surface area contributed by atoms with Crippen molar-refractivity contribution in [3.8, 4) is 0 Å². The van der Waals surface area contributed by atoms with Crippen LogP contribution in [-0.4, -0.2) is 44.9 Å². The zero-order chi connectivity index (χ0) is 23.0. The number of aromatic nitrogens is 3. The zero-order valence-electron chi connectivity index (χ0n) is 18.3. The molecule has 3 aromatic rings. The van der Waals surface area contributed by atoms with Gasteiger partial charge in [0.15, 0.2) is 0 Å². The molecule has 32 heavy (non-hydrogen) atoms. The van der Waals surface area contributed by atoms with Crippen molar-refractivity contribution in [2.45, 2.75) is 51.9 Å². The quantitative estimate of drug-likeness (QED) is 0.631. The van der Waals surface area contributed by atoms with Gasteiger partial charge in [-0.25, -0.2) is 4.68 Å². The predicted molar refractivity (Wildman–Crippen MR) is 116 cm³/mol. The van der Waals surface area contributed by atoms with Gasteiger partial charge >= 0.3 is 6.18 Å². The van der Waals surface area contributed by atoms with Gasteiger partial charge in [-0.2, -0.15) is 13.2 Å². The number of alkyl halides is 3. The first-order valence-corrected chi connectivity index (χ1v) is 10.7. The molecule has 1 fully saturated rings. The minimum absolute atomic E-state index is 0.0295. The molecule has 0 radical (unpaired) electrons. The molecule has 4 rings (SSSR count). The van der Waals surface area contributed by atoms with Crippen LogP contribution in [0.5, 0.6) is 0 Å². The molecule has 0 spiro atoms. The molecular formula is C23H26F3N5O. The molecule has 1 unspecified atom stereocenters. The molecule has 170 valence electrons. The van der Waals surface area contributed by atoms with Crippen LogP contribution in [0.1, 0.15) is 42.5 Å². The highest BCUT2D eigenvalue weighted by Crippen LogP contribution is 2.32. The first-order valence-electron chi connectivity index (χ1n) is 10.7. The van der Waals surface area contributed by atoms with Crippen LogP contribution >= 0.6 is 0 Å². The van der Waals surface area contributed by atoms with Gasteiger partial charge in [-0.15, -0.1) is 5.10 Å². The third kappa shape index (κ3) is 4.34. The molecular weight excluding hydrogens is 419 g/mol. The summed E-state index contributed by atoms with van der Waals surface area (Å²) in [4.78, 5) is 15.0. The van der Waals surface area contributed by atoms with Crippen molar-refractivity contribution in [1.82, 2.24) is 19.9 Å². The van der Waals surface area contributed by atoms with Crippen LogP contribution in [0.3, 0.4) is 0 Å². The van der Waals surface area contributed by atoms with Crippen LogP contribution < -0.4 is 5.32 Å². The van der Waals surface area contributed by atoms with E-state index in [0.29, 0.717) is 18.6 Å². The van der Waals surface area contributed by atoms with Gasteiger partial charge in [-0.1, -0.05) is 23.4 Å². The zero-order valence-corrected chi connectivity index (χ0v) is 18.3. The average molecular weight is 445 g/mol. The molecule has 1 amide bonds. The van der Waals surface area contributed by atoms with Crippen molar-refractivity contribution in [3.63, 3.8) is 0 Å². The van der Waals surface area contributed by atoms with Crippen molar-refractivity contribution in [2.24, 2.45) is 0 Å². The van der Waals surface area contributed by atoms with Crippen molar-refractivity contribution in [2.75, 3.05) is 18.4 Å². The van der Waals surface area contributed by atoms with E-state index in [-0.39, 0.29) is 23.5 Å². The lowest BCUT2D eigenvalue weighted by atomic mass is 10.0. The summed E-state index contributed by atoms with van der Waals surface area (Å²) in [6.45, 7) is 7.21. The number of hydrogen-bond acceptors (Lipinski definition) is 4. The number of likely N-dealkylation sites (tertiary alicyclic amines) is 1. The molecule has 1 saturated heterocycles. The molecule has 2 aromatic carbocycles. The van der Waals surface area contributed by atoms with E-state index in [1.807, 2.05) is 39.0 Å². The maximum Gasteiger partial charge on any atom is 0.416 e. The second-order valence-electron chi connectivity index (χ2n) is 8.43. The molecule has 0 bridgehead atoms. The van der Waals surface area contributed by atoms with E-state index in [9.17, 15) is 18.0 Å². The van der Waals surface area contributed by atoms with Gasteiger partial charge < -0.3 is 5.32 Å². The number of amides is 1. The third-order valence-electron chi connectivity index (χ3n) is 6.30. The molecule has 6 nitrogen and oxygen atoms in total. The fraction of sp³-hybridized carbons (Fsp3) is 0.435. The van der Waals surface area contributed by atoms with E-state index in [1.165, 1.54) is 6.07 Å². The molecule has 1 aliphatic heterocycles. The standard InChI is InChI=1S/C23H26F3N5O/c1-14-5-4-6-15(2)21(14)27-22(32)16(3)30-11-9-18(10-12-30)31-20-8-7-17(23(24,25)26)13-19(20)28-29-31/h4-8,13,16,18H,9-12H2,1-3H3,(H,27,32). The second kappa shape index (κ2) is 8.54. The van der Waals surface area contributed by atoms with Gasteiger partial charge in [-0.3, -0.25) is 9.69 Å². The molecule has 2 heterocycles. The number of hydrogen-bond donors (Lipinski definition) is 1. The number of fused-ring (bicyclic) bond motifs is 1. The van der Waals surface area contributed by atoms with Crippen molar-refractivity contribution in [3.05, 3.63) is 53.1 Å². The lowest BCUT2D eigenvalue weighted by Crippen LogP contribution is -2.46. The summed E-state index contributed by atoms with van der Waals surface area (Å²) in [5.74, 6) is -0.0493. The topological polar surface area (TPSA) is 63.1 Å². The largest absolute Gasteiger partial charge is 0.416 e. The fourth-order valence-electron chi connectivity index (χ4n) is 4.31. The molecule has 1 aromatic heterocycles. The average Bonchev–Trinajstić information content (AvgIpc) is 3.18. The molecule has 1 aliphatic rings. The second-order valence-corrected chi connectivity index (χ2v) is 8.43. The number of nitrogens with zero attached hydrogens (tertiary/aromatic N) is 4. The highest BCUT2D eigenvalue weighted by molar-refractivity contribution is 5.95. The number of para-hydroxylation sites is 1. The van der Waals surface area contributed by atoms with Gasteiger partial charge in [0.1, 0.15) is 5.52 Å². The minimum Gasteiger partial charge on any atom is -0.324 e. The summed E-state index contributed by atoms with van der Waals surface area (Å²) in [6, 6.07) is 9.18. The summed E-state index contributed by atoms with van der Waals surface area (Å²) in [5.41, 5.74) is 3.01. The summed E-state index contributed by atoms with van der Waals surface area (Å²) < 4.78 is 40.6. The maximum absolute atomic E-state index is 12.9. The maximum atomic E-state index is 12.9. The highest BCUT2D eigenvalue weighted by Gasteiger charge is 2.32. The van der Waals surface area contributed by atoms with Crippen molar-refractivity contribution < 1.29 is 18.0 Å². The van der Waals surface area contributed by atoms with E-state index in [2.05, 4.69) is 20.5 Å². The number of piperidine rings is 1. The molecule has 1 N–H and O–H groups in total. The summed E-state index contributed by atoms with van der Waals surface area (Å²) >= 11 is 0. The SMILES string of the molecule is Cc1cccc(C)c1NC(=O)C(C)N1CCC(n2nnc3cc(C(F)(F)F)ccc32)CC1. The fourth-order valence-corrected chi connectivity index (χ4v) is 4.31. The van der Waals surface area contributed by atoms with E-state index in [0.717, 1.165) is 41.8 Å². The summed E-state index contributed by atoms with van der Waals surface area (Å²) in [5, 5.41) is 11.1. The van der Waals surface area contributed by atoms with Gasteiger partial charge in [-0.05, 0) is 62.9 Å². The number of nitrogens with one attached hydrogen (secondary N) is 1. The Hall–Kier alpha value is -2.94. The van der Waals surface area contributed by atoms with Crippen LogP contribution in [-0.2, 0) is 11.0 Å². The van der Waals surface area contributed by atoms with Crippen LogP contribution in [0.25, 0.3) is 11.0 Å². The minimum atomic E-state index is -4.41. The predicted octanol–water partition coefficient (Wildman–Crippen LogP) is 4.73. The van der Waals surface area contributed by atoms with Gasteiger partial charge in [0, 0.05) is 18.8 Å². The van der Waals surface area contributed by atoms with Gasteiger partial charge in [0.25, 0.3) is 0 Å². The van der Waals surface area contributed by atoms with Crippen LogP contribution in [0.2, 0.25) is 0 Å². The Labute approximate surface area is 184 Å². The summed E-state index contributed by atoms with van der Waals surface area (Å²) in [7, 11) is 0. The normalized spacial score (nSPS) is 16.9. The van der Waals surface area contributed by atoms with Gasteiger partial charge in [0.05, 0.1) is 23.2 Å². The number of aryl methyl sites for hydroxylation is 2. The van der Waals surface area contributed by atoms with E-state index >= 15 is 0 Å².